The Bertz CT molecular complexity index is 793. The summed E-state index contributed by atoms with van der Waals surface area (Å²) in [4.78, 5) is 6.55. The molecule has 3 N–H and O–H groups in total. The highest BCUT2D eigenvalue weighted by atomic mass is 127. The van der Waals surface area contributed by atoms with Gasteiger partial charge < -0.3 is 20.6 Å². The van der Waals surface area contributed by atoms with Gasteiger partial charge in [0.05, 0.1) is 18.8 Å². The molecule has 7 nitrogen and oxygen atoms in total. The Morgan fingerprint density at radius 2 is 2.10 bits per heavy atom. The van der Waals surface area contributed by atoms with Gasteiger partial charge in [-0.1, -0.05) is 12.1 Å². The third kappa shape index (κ3) is 7.56. The van der Waals surface area contributed by atoms with Crippen LogP contribution in [0.1, 0.15) is 31.0 Å². The molecule has 0 fully saturated rings. The minimum absolute atomic E-state index is 0. The van der Waals surface area contributed by atoms with Gasteiger partial charge >= 0.3 is 0 Å². The molecule has 0 bridgehead atoms. The lowest BCUT2D eigenvalue weighted by molar-refractivity contribution is 0.0671. The van der Waals surface area contributed by atoms with Crippen LogP contribution in [0.5, 0.6) is 0 Å². The molecule has 0 aliphatic heterocycles. The molecule has 0 saturated carbocycles. The molecule has 0 saturated heterocycles. The van der Waals surface area contributed by atoms with Gasteiger partial charge in [-0.15, -0.1) is 24.0 Å². The van der Waals surface area contributed by atoms with Crippen LogP contribution in [-0.4, -0.2) is 59.5 Å². The van der Waals surface area contributed by atoms with Gasteiger partial charge in [-0.2, -0.15) is 5.10 Å². The van der Waals surface area contributed by atoms with Crippen molar-refractivity contribution in [2.45, 2.75) is 25.5 Å². The first kappa shape index (κ1) is 25.3. The largest absolute Gasteiger partial charge is 0.383 e. The normalized spacial score (nSPS) is 14.8. The predicted molar refractivity (Wildman–Crippen MR) is 125 cm³/mol. The number of aryl methyl sites for hydroxylation is 1. The molecule has 1 aromatic carbocycles. The summed E-state index contributed by atoms with van der Waals surface area (Å²) in [6.45, 7) is 5.10. The zero-order valence-corrected chi connectivity index (χ0v) is 20.0. The molecule has 2 atom stereocenters. The fourth-order valence-corrected chi connectivity index (χ4v) is 2.87. The van der Waals surface area contributed by atoms with Gasteiger partial charge in [-0.3, -0.25) is 4.68 Å². The quantitative estimate of drug-likeness (QED) is 0.284. The summed E-state index contributed by atoms with van der Waals surface area (Å²) in [6.07, 6.45) is 3.42. The van der Waals surface area contributed by atoms with Crippen molar-refractivity contribution in [3.63, 3.8) is 0 Å². The first-order chi connectivity index (χ1) is 13.2. The van der Waals surface area contributed by atoms with E-state index >= 15 is 0 Å². The third-order valence-electron chi connectivity index (χ3n) is 4.54. The van der Waals surface area contributed by atoms with E-state index in [9.17, 15) is 9.50 Å². The summed E-state index contributed by atoms with van der Waals surface area (Å²) < 4.78 is 15.3. The van der Waals surface area contributed by atoms with Crippen molar-refractivity contribution < 1.29 is 9.50 Å². The van der Waals surface area contributed by atoms with Crippen LogP contribution in [0.4, 0.5) is 4.39 Å². The fraction of sp³-hybridized carbons (Fsp3) is 0.500. The zero-order chi connectivity index (χ0) is 20.7. The van der Waals surface area contributed by atoms with E-state index in [1.807, 2.05) is 39.0 Å². The zero-order valence-electron chi connectivity index (χ0n) is 17.7. The topological polar surface area (TPSA) is 77.7 Å². The van der Waals surface area contributed by atoms with Crippen LogP contribution in [0.2, 0.25) is 0 Å². The Morgan fingerprint density at radius 3 is 2.66 bits per heavy atom. The minimum Gasteiger partial charge on any atom is -0.383 e. The predicted octanol–water partition coefficient (Wildman–Crippen LogP) is 2.24. The van der Waals surface area contributed by atoms with Gasteiger partial charge in [0.25, 0.3) is 0 Å². The SMILES string of the molecule is CCNC(=NCC(C)(O)c1cnn(C)c1)NCC(c1cccc(F)c1)N(C)C.I. The molecule has 9 heteroatoms. The Labute approximate surface area is 189 Å². The lowest BCUT2D eigenvalue weighted by atomic mass is 10.0. The van der Waals surface area contributed by atoms with Crippen LogP contribution in [-0.2, 0) is 12.6 Å². The van der Waals surface area contributed by atoms with E-state index in [1.165, 1.54) is 6.07 Å². The Kier molecular flexibility index (Phi) is 10.0. The highest BCUT2D eigenvalue weighted by molar-refractivity contribution is 14.0. The van der Waals surface area contributed by atoms with Gasteiger partial charge in [0.2, 0.25) is 0 Å². The minimum atomic E-state index is -1.12. The summed E-state index contributed by atoms with van der Waals surface area (Å²) in [5, 5.41) is 21.3. The molecular formula is C20H32FIN6O. The third-order valence-corrected chi connectivity index (χ3v) is 4.54. The molecule has 1 aromatic heterocycles. The number of likely N-dealkylation sites (N-methyl/N-ethyl adjacent to an activating group) is 1. The van der Waals surface area contributed by atoms with Crippen molar-refractivity contribution in [1.29, 1.82) is 0 Å². The summed E-state index contributed by atoms with van der Waals surface area (Å²) in [5.41, 5.74) is 0.469. The molecule has 0 aliphatic rings. The maximum Gasteiger partial charge on any atom is 0.191 e. The molecule has 2 rings (SSSR count). The standard InChI is InChI=1S/C20H31FN6O.HI/c1-6-22-19(24-14-20(2,28)16-11-25-27(5)13-16)23-12-18(26(3)4)15-8-7-9-17(21)10-15;/h7-11,13,18,28H,6,12,14H2,1-5H3,(H2,22,23,24);1H. The molecule has 0 spiro atoms. The average molecular weight is 518 g/mol. The Morgan fingerprint density at radius 1 is 1.38 bits per heavy atom. The molecule has 162 valence electrons. The summed E-state index contributed by atoms with van der Waals surface area (Å²) in [7, 11) is 5.71. The maximum absolute atomic E-state index is 13.6. The van der Waals surface area contributed by atoms with Gasteiger partial charge in [0.1, 0.15) is 11.4 Å². The second-order valence-corrected chi connectivity index (χ2v) is 7.29. The number of aliphatic imine (C=N–C) groups is 1. The van der Waals surface area contributed by atoms with E-state index in [-0.39, 0.29) is 42.4 Å². The van der Waals surface area contributed by atoms with Crippen LogP contribution in [0, 0.1) is 5.82 Å². The van der Waals surface area contributed by atoms with Gasteiger partial charge in [-0.05, 0) is 45.6 Å². The second-order valence-electron chi connectivity index (χ2n) is 7.29. The summed E-state index contributed by atoms with van der Waals surface area (Å²) in [6, 6.07) is 6.58. The van der Waals surface area contributed by atoms with Crippen LogP contribution in [0.25, 0.3) is 0 Å². The van der Waals surface area contributed by atoms with E-state index in [0.29, 0.717) is 24.6 Å². The molecule has 2 aromatic rings. The van der Waals surface area contributed by atoms with Crippen molar-refractivity contribution in [1.82, 2.24) is 25.3 Å². The highest BCUT2D eigenvalue weighted by Gasteiger charge is 2.25. The highest BCUT2D eigenvalue weighted by Crippen LogP contribution is 2.20. The second kappa shape index (κ2) is 11.5. The van der Waals surface area contributed by atoms with Crippen molar-refractivity contribution >= 4 is 29.9 Å². The number of guanidine groups is 1. The van der Waals surface area contributed by atoms with Crippen LogP contribution >= 0.6 is 24.0 Å². The van der Waals surface area contributed by atoms with Crippen molar-refractivity contribution in [2.75, 3.05) is 33.7 Å². The maximum atomic E-state index is 13.6. The summed E-state index contributed by atoms with van der Waals surface area (Å²) >= 11 is 0. The van der Waals surface area contributed by atoms with E-state index in [1.54, 1.807) is 36.1 Å². The van der Waals surface area contributed by atoms with E-state index in [2.05, 4.69) is 20.7 Å². The van der Waals surface area contributed by atoms with Crippen molar-refractivity contribution in [3.05, 3.63) is 53.6 Å². The molecule has 0 radical (unpaired) electrons. The lowest BCUT2D eigenvalue weighted by Gasteiger charge is -2.26. The lowest BCUT2D eigenvalue weighted by Crippen LogP contribution is -2.42. The molecule has 2 unspecified atom stereocenters. The van der Waals surface area contributed by atoms with E-state index < -0.39 is 5.60 Å². The van der Waals surface area contributed by atoms with E-state index in [4.69, 9.17) is 0 Å². The van der Waals surface area contributed by atoms with Crippen molar-refractivity contribution in [2.24, 2.45) is 12.0 Å². The number of nitrogens with one attached hydrogen (secondary N) is 2. The molecule has 29 heavy (non-hydrogen) atoms. The Balaban J connectivity index is 0.00000420. The number of aliphatic hydroxyl groups is 1. The van der Waals surface area contributed by atoms with Crippen LogP contribution in [0.15, 0.2) is 41.7 Å². The average Bonchev–Trinajstić information content (AvgIpc) is 3.07. The number of halogens is 2. The van der Waals surface area contributed by atoms with Crippen molar-refractivity contribution in [3.8, 4) is 0 Å². The van der Waals surface area contributed by atoms with Gasteiger partial charge in [0, 0.05) is 31.9 Å². The first-order valence-electron chi connectivity index (χ1n) is 9.38. The molecule has 0 aliphatic carbocycles. The van der Waals surface area contributed by atoms with Crippen LogP contribution < -0.4 is 10.6 Å². The van der Waals surface area contributed by atoms with E-state index in [0.717, 1.165) is 5.56 Å². The number of nitrogens with zero attached hydrogens (tertiary/aromatic N) is 4. The summed E-state index contributed by atoms with van der Waals surface area (Å²) in [5.74, 6) is 0.340. The fourth-order valence-electron chi connectivity index (χ4n) is 2.87. The Hall–Kier alpha value is -1.72. The number of hydrogen-bond donors (Lipinski definition) is 3. The van der Waals surface area contributed by atoms with Crippen LogP contribution in [0.3, 0.4) is 0 Å². The number of hydrogen-bond acceptors (Lipinski definition) is 4. The first-order valence-corrected chi connectivity index (χ1v) is 9.38. The van der Waals surface area contributed by atoms with Gasteiger partial charge in [0.15, 0.2) is 5.96 Å². The number of aromatic nitrogens is 2. The monoisotopic (exact) mass is 518 g/mol. The van der Waals surface area contributed by atoms with Gasteiger partial charge in [-0.25, -0.2) is 9.38 Å². The molecular weight excluding hydrogens is 486 g/mol. The molecule has 0 amide bonds. The number of rotatable bonds is 8. The number of benzene rings is 1. The smallest absolute Gasteiger partial charge is 0.191 e. The molecule has 1 heterocycles.